The summed E-state index contributed by atoms with van der Waals surface area (Å²) >= 11 is 0. The van der Waals surface area contributed by atoms with Crippen LogP contribution in [0.4, 0.5) is 11.6 Å². The second-order valence-corrected chi connectivity index (χ2v) is 7.83. The summed E-state index contributed by atoms with van der Waals surface area (Å²) in [6, 6.07) is 7.31. The van der Waals surface area contributed by atoms with Crippen molar-refractivity contribution in [2.24, 2.45) is 18.0 Å². The molecule has 3 aromatic heterocycles. The first-order chi connectivity index (χ1) is 14.9. The molecule has 0 bridgehead atoms. The summed E-state index contributed by atoms with van der Waals surface area (Å²) < 4.78 is 6.78. The minimum atomic E-state index is -0.423. The lowest BCUT2D eigenvalue weighted by molar-refractivity contribution is -0.117. The Hall–Kier alpha value is -4.01. The van der Waals surface area contributed by atoms with Crippen LogP contribution in [0.25, 0.3) is 33.1 Å². The van der Waals surface area contributed by atoms with Gasteiger partial charge in [-0.3, -0.25) is 14.4 Å². The van der Waals surface area contributed by atoms with Gasteiger partial charge in [0.1, 0.15) is 11.6 Å². The predicted molar refractivity (Wildman–Crippen MR) is 119 cm³/mol. The topological polar surface area (TPSA) is 128 Å². The normalized spacial score (nSPS) is 17.7. The van der Waals surface area contributed by atoms with Crippen LogP contribution >= 0.6 is 0 Å². The van der Waals surface area contributed by atoms with E-state index in [9.17, 15) is 9.59 Å². The van der Waals surface area contributed by atoms with Crippen LogP contribution in [0, 0.1) is 12.8 Å². The number of carbonyl (C=O) groups is 1. The molecule has 3 N–H and O–H groups in total. The Bertz CT molecular complexity index is 1450. The average Bonchev–Trinajstić information content (AvgIpc) is 3.48. The van der Waals surface area contributed by atoms with Crippen molar-refractivity contribution in [3.8, 4) is 11.3 Å². The Morgan fingerprint density at radius 1 is 1.35 bits per heavy atom. The quantitative estimate of drug-likeness (QED) is 0.492. The molecule has 5 rings (SSSR count). The number of nitrogen functional groups attached to an aromatic ring is 1. The number of aryl methyl sites for hydroxylation is 2. The van der Waals surface area contributed by atoms with E-state index in [0.717, 1.165) is 16.5 Å². The Morgan fingerprint density at radius 2 is 2.16 bits per heavy atom. The Labute approximate surface area is 176 Å². The third-order valence-electron chi connectivity index (χ3n) is 5.74. The zero-order chi connectivity index (χ0) is 21.9. The molecule has 1 aliphatic carbocycles. The molecule has 0 spiro atoms. The highest BCUT2D eigenvalue weighted by molar-refractivity contribution is 5.99. The molecule has 4 aromatic rings. The third-order valence-corrected chi connectivity index (χ3v) is 5.74. The number of fused-ring (bicyclic) bond motifs is 2. The molecule has 9 heteroatoms. The first kappa shape index (κ1) is 19.0. The summed E-state index contributed by atoms with van der Waals surface area (Å²) in [5, 5.41) is 4.30. The number of carbonyl (C=O) groups excluding carboxylic acids is 1. The first-order valence-electron chi connectivity index (χ1n) is 9.79. The number of pyridine rings is 2. The third kappa shape index (κ3) is 3.14. The van der Waals surface area contributed by atoms with Crippen molar-refractivity contribution < 1.29 is 9.21 Å². The highest BCUT2D eigenvalue weighted by Gasteiger charge is 2.42. The summed E-state index contributed by atoms with van der Waals surface area (Å²) in [5.74, 6) is 0.0680. The van der Waals surface area contributed by atoms with Crippen molar-refractivity contribution in [1.82, 2.24) is 14.5 Å². The number of nitrogens with two attached hydrogens (primary N) is 1. The van der Waals surface area contributed by atoms with Gasteiger partial charge in [-0.15, -0.1) is 0 Å². The van der Waals surface area contributed by atoms with E-state index in [0.29, 0.717) is 40.2 Å². The fourth-order valence-corrected chi connectivity index (χ4v) is 3.82. The molecule has 3 heterocycles. The number of nitrogens with one attached hydrogen (secondary N) is 1. The zero-order valence-corrected chi connectivity index (χ0v) is 17.0. The maximum atomic E-state index is 12.3. The van der Waals surface area contributed by atoms with Gasteiger partial charge in [-0.2, -0.15) is 0 Å². The standard InChI is InChI=1S/C22H20N6O3/c1-10-4-17-18(31-22(30)28(17)3)8-12(10)16-5-11-6-19(25-9-14(11)20(23)26-16)27-21(29)13-7-15(13)24-2/h4-6,8-9,13,15H,2,7H2,1,3H3,(H2,23,26)(H,25,27,29)/t13-,15-/m0/s1. The van der Waals surface area contributed by atoms with Crippen LogP contribution in [-0.4, -0.2) is 33.2 Å². The number of aromatic nitrogens is 3. The predicted octanol–water partition coefficient (Wildman–Crippen LogP) is 2.66. The van der Waals surface area contributed by atoms with Gasteiger partial charge in [-0.05, 0) is 55.3 Å². The summed E-state index contributed by atoms with van der Waals surface area (Å²) in [6.45, 7) is 5.43. The molecule has 1 aromatic carbocycles. The van der Waals surface area contributed by atoms with E-state index in [-0.39, 0.29) is 17.9 Å². The number of hydrogen-bond donors (Lipinski definition) is 2. The van der Waals surface area contributed by atoms with E-state index < -0.39 is 5.76 Å². The number of hydrogen-bond acceptors (Lipinski definition) is 7. The molecule has 31 heavy (non-hydrogen) atoms. The van der Waals surface area contributed by atoms with Crippen molar-refractivity contribution in [2.75, 3.05) is 11.1 Å². The molecule has 156 valence electrons. The number of amides is 1. The molecular weight excluding hydrogens is 396 g/mol. The van der Waals surface area contributed by atoms with Crippen molar-refractivity contribution in [1.29, 1.82) is 0 Å². The minimum absolute atomic E-state index is 0.0113. The van der Waals surface area contributed by atoms with Gasteiger partial charge in [0, 0.05) is 24.2 Å². The van der Waals surface area contributed by atoms with Gasteiger partial charge in [0.2, 0.25) is 5.91 Å². The Morgan fingerprint density at radius 3 is 2.90 bits per heavy atom. The van der Waals surface area contributed by atoms with Gasteiger partial charge in [0.15, 0.2) is 5.58 Å². The fraction of sp³-hybridized carbons (Fsp3) is 0.227. The first-order valence-corrected chi connectivity index (χ1v) is 9.79. The van der Waals surface area contributed by atoms with Gasteiger partial charge >= 0.3 is 5.76 Å². The van der Waals surface area contributed by atoms with Crippen LogP contribution in [-0.2, 0) is 11.8 Å². The summed E-state index contributed by atoms with van der Waals surface area (Å²) in [4.78, 5) is 36.9. The minimum Gasteiger partial charge on any atom is -0.408 e. The average molecular weight is 416 g/mol. The second-order valence-electron chi connectivity index (χ2n) is 7.83. The summed E-state index contributed by atoms with van der Waals surface area (Å²) in [7, 11) is 1.66. The monoisotopic (exact) mass is 416 g/mol. The van der Waals surface area contributed by atoms with Gasteiger partial charge in [0.25, 0.3) is 0 Å². The van der Waals surface area contributed by atoms with Crippen LogP contribution in [0.15, 0.2) is 44.7 Å². The van der Waals surface area contributed by atoms with E-state index in [1.54, 1.807) is 25.4 Å². The molecule has 9 nitrogen and oxygen atoms in total. The molecule has 0 saturated heterocycles. The second kappa shape index (κ2) is 6.76. The van der Waals surface area contributed by atoms with E-state index in [1.165, 1.54) is 4.57 Å². The number of nitrogens with zero attached hydrogens (tertiary/aromatic N) is 4. The molecule has 1 amide bonds. The van der Waals surface area contributed by atoms with Crippen molar-refractivity contribution in [2.45, 2.75) is 19.4 Å². The lowest BCUT2D eigenvalue weighted by Crippen LogP contribution is -2.16. The SMILES string of the molecule is C=N[C@H]1C[C@@H]1C(=O)Nc1cc2cc(-c3cc4oc(=O)n(C)c4cc3C)nc(N)c2cn1. The number of rotatable bonds is 4. The van der Waals surface area contributed by atoms with Crippen LogP contribution in [0.3, 0.4) is 0 Å². The largest absolute Gasteiger partial charge is 0.419 e. The molecule has 1 saturated carbocycles. The zero-order valence-electron chi connectivity index (χ0n) is 17.0. The van der Waals surface area contributed by atoms with E-state index in [4.69, 9.17) is 10.2 Å². The van der Waals surface area contributed by atoms with Crippen LogP contribution in [0.2, 0.25) is 0 Å². The molecule has 1 fully saturated rings. The van der Waals surface area contributed by atoms with Crippen molar-refractivity contribution >= 4 is 46.1 Å². The van der Waals surface area contributed by atoms with Crippen LogP contribution < -0.4 is 16.8 Å². The Balaban J connectivity index is 1.56. The molecule has 0 aliphatic heterocycles. The summed E-state index contributed by atoms with van der Waals surface area (Å²) in [6.07, 6.45) is 2.31. The highest BCUT2D eigenvalue weighted by Crippen LogP contribution is 2.35. The Kier molecular flexibility index (Phi) is 4.14. The van der Waals surface area contributed by atoms with Crippen molar-refractivity contribution in [3.05, 3.63) is 46.6 Å². The molecule has 1 aliphatic rings. The van der Waals surface area contributed by atoms with Gasteiger partial charge < -0.3 is 15.5 Å². The fourth-order valence-electron chi connectivity index (χ4n) is 3.82. The number of aliphatic imine (C=N–C) groups is 1. The van der Waals surface area contributed by atoms with Gasteiger partial charge in [-0.25, -0.2) is 14.8 Å². The van der Waals surface area contributed by atoms with Gasteiger partial charge in [0.05, 0.1) is 23.2 Å². The van der Waals surface area contributed by atoms with E-state index in [2.05, 4.69) is 27.0 Å². The maximum Gasteiger partial charge on any atom is 0.419 e. The van der Waals surface area contributed by atoms with Crippen molar-refractivity contribution in [3.63, 3.8) is 0 Å². The molecule has 0 unspecified atom stereocenters. The molecule has 2 atom stereocenters. The van der Waals surface area contributed by atoms with Gasteiger partial charge in [-0.1, -0.05) is 0 Å². The highest BCUT2D eigenvalue weighted by atomic mass is 16.4. The summed E-state index contributed by atoms with van der Waals surface area (Å²) in [5.41, 5.74) is 9.75. The van der Waals surface area contributed by atoms with Crippen LogP contribution in [0.1, 0.15) is 12.0 Å². The number of oxazole rings is 1. The number of benzene rings is 1. The van der Waals surface area contributed by atoms with E-state index >= 15 is 0 Å². The lowest BCUT2D eigenvalue weighted by atomic mass is 10.0. The van der Waals surface area contributed by atoms with E-state index in [1.807, 2.05) is 19.1 Å². The smallest absolute Gasteiger partial charge is 0.408 e. The molecule has 0 radical (unpaired) electrons. The van der Waals surface area contributed by atoms with Crippen LogP contribution in [0.5, 0.6) is 0 Å². The molecular formula is C22H20N6O3. The lowest BCUT2D eigenvalue weighted by Gasteiger charge is -2.10. The maximum absolute atomic E-state index is 12.3. The number of anilines is 2.